The zero-order valence-electron chi connectivity index (χ0n) is 70.0. The zero-order chi connectivity index (χ0) is 84.7. The lowest BCUT2D eigenvalue weighted by atomic mass is 9.78. The second kappa shape index (κ2) is 33.2. The Bertz CT molecular complexity index is 6890. The SMILES string of the molecule is CC1(C)c2ccccc2-c2ccc(-c3cc(-c4cccc(-c5cccc(-c6nc(-c7ccccc7)nc(-c7ccccc7)n6)c5)c4)nc(-c4ccccc4)n3)cc21.CC1(C)c2ccccc2-c2ccc(-c3cc(-c4cccc(B5OC(C)(C)C(C)(C)O5)c4)nc(-c4ccccc4)n3)cc21.Clc1cccc(-c2nc(-c3ccccc3)nc(-c3ccccc3)n2)c1. The molecule has 0 radical (unpaired) electrons. The summed E-state index contributed by atoms with van der Waals surface area (Å²) in [4.78, 5) is 49.3. The fourth-order valence-electron chi connectivity index (χ4n) is 16.7. The van der Waals surface area contributed by atoms with E-state index in [9.17, 15) is 0 Å². The van der Waals surface area contributed by atoms with E-state index in [1.807, 2.05) is 182 Å². The van der Waals surface area contributed by atoms with Crippen LogP contribution in [0.1, 0.15) is 77.6 Å². The van der Waals surface area contributed by atoms with Crippen LogP contribution in [0.2, 0.25) is 5.02 Å². The summed E-state index contributed by atoms with van der Waals surface area (Å²) < 4.78 is 12.7. The van der Waals surface area contributed by atoms with Gasteiger partial charge in [-0.05, 0) is 143 Å². The van der Waals surface area contributed by atoms with Crippen molar-refractivity contribution in [2.45, 2.75) is 77.4 Å². The van der Waals surface area contributed by atoms with Gasteiger partial charge in [-0.25, -0.2) is 49.8 Å². The highest BCUT2D eigenvalue weighted by atomic mass is 35.5. The summed E-state index contributed by atoms with van der Waals surface area (Å²) in [6, 6.07) is 128. The first-order chi connectivity index (χ1) is 60.3. The van der Waals surface area contributed by atoms with Crippen molar-refractivity contribution in [3.05, 3.63) is 403 Å². The van der Waals surface area contributed by atoms with Gasteiger partial charge in [-0.1, -0.05) is 367 Å². The second-order valence-electron chi connectivity index (χ2n) is 33.5. The van der Waals surface area contributed by atoms with Gasteiger partial charge >= 0.3 is 7.12 Å². The van der Waals surface area contributed by atoms with Gasteiger partial charge in [-0.15, -0.1) is 0 Å². The normalized spacial score (nSPS) is 13.9. The molecule has 4 aromatic heterocycles. The average molecular weight is 1630 g/mol. The molecule has 1 fully saturated rings. The molecule has 3 aliphatic rings. The van der Waals surface area contributed by atoms with E-state index >= 15 is 0 Å². The molecule has 12 nitrogen and oxygen atoms in total. The fraction of sp³-hybridized carbons (Fsp3) is 0.109. The summed E-state index contributed by atoms with van der Waals surface area (Å²) in [7, 11) is -0.439. The van der Waals surface area contributed by atoms with Crippen molar-refractivity contribution >= 4 is 24.2 Å². The molecule has 598 valence electrons. The maximum Gasteiger partial charge on any atom is 0.494 e. The number of aromatic nitrogens is 10. The predicted molar refractivity (Wildman–Crippen MR) is 504 cm³/mol. The molecule has 0 spiro atoms. The van der Waals surface area contributed by atoms with Gasteiger partial charge in [0.2, 0.25) is 0 Å². The molecule has 1 aliphatic heterocycles. The van der Waals surface area contributed by atoms with Crippen LogP contribution in [0.15, 0.2) is 376 Å². The van der Waals surface area contributed by atoms with Crippen molar-refractivity contribution < 1.29 is 9.31 Å². The summed E-state index contributed by atoms with van der Waals surface area (Å²) in [6.45, 7) is 17.6. The fourth-order valence-corrected chi connectivity index (χ4v) is 16.9. The molecule has 124 heavy (non-hydrogen) atoms. The topological polar surface area (TPSA) is 147 Å². The summed E-state index contributed by atoms with van der Waals surface area (Å²) in [5.74, 6) is 5.18. The van der Waals surface area contributed by atoms with Crippen LogP contribution >= 0.6 is 11.6 Å². The lowest BCUT2D eigenvalue weighted by Gasteiger charge is -2.32. The maximum atomic E-state index is 6.36. The molecule has 1 saturated heterocycles. The smallest absolute Gasteiger partial charge is 0.399 e. The number of hydrogen-bond donors (Lipinski definition) is 0. The van der Waals surface area contributed by atoms with Crippen LogP contribution in [0, 0.1) is 0 Å². The van der Waals surface area contributed by atoms with Crippen molar-refractivity contribution in [2.75, 3.05) is 0 Å². The van der Waals surface area contributed by atoms with Crippen molar-refractivity contribution in [2.24, 2.45) is 0 Å². The standard InChI is InChI=1S/C52H37N5.C37H35BN2O2.C21H14ClN3/c1-52(2)44-27-13-12-26-42(44)43-29-28-40(32-45(43)52)47-33-46(53-48(54-47)34-16-6-3-7-17-34)39-24-14-22-37(30-39)38-23-15-25-41(31-38)51-56-49(35-18-8-4-9-19-35)55-50(57-51)36-20-10-5-11-21-36;1-35(2)30-18-11-10-17-28(30)29-20-19-26(22-31(29)35)33-23-32(39-34(40-33)24-13-8-7-9-14-24)25-15-12-16-27(21-25)38-41-36(3,4)37(5,6)42-38;22-18-13-7-12-17(14-18)21-24-19(15-8-3-1-4-9-15)23-20(25-21)16-10-5-2-6-11-16/h3-33H,1-2H3;7-23H,1-6H3;1-14H. The summed E-state index contributed by atoms with van der Waals surface area (Å²) in [5.41, 5.74) is 27.8. The molecule has 0 N–H and O–H groups in total. The Kier molecular flexibility index (Phi) is 21.2. The molecule has 0 atom stereocenters. The molecule has 0 saturated carbocycles. The minimum absolute atomic E-state index is 0.0861. The summed E-state index contributed by atoms with van der Waals surface area (Å²) >= 11 is 6.14. The molecule has 5 heterocycles. The molecule has 0 amide bonds. The van der Waals surface area contributed by atoms with Crippen LogP contribution in [-0.2, 0) is 20.1 Å². The maximum absolute atomic E-state index is 6.36. The van der Waals surface area contributed by atoms with Gasteiger partial charge < -0.3 is 9.31 Å². The third-order valence-corrected chi connectivity index (χ3v) is 24.3. The van der Waals surface area contributed by atoms with Gasteiger partial charge in [0.15, 0.2) is 46.6 Å². The lowest BCUT2D eigenvalue weighted by molar-refractivity contribution is 0.00578. The van der Waals surface area contributed by atoms with Crippen molar-refractivity contribution in [1.82, 2.24) is 49.8 Å². The zero-order valence-corrected chi connectivity index (χ0v) is 70.8. The van der Waals surface area contributed by atoms with Crippen LogP contribution in [0.3, 0.4) is 0 Å². The van der Waals surface area contributed by atoms with Gasteiger partial charge in [0.25, 0.3) is 0 Å². The minimum atomic E-state index is -0.439. The number of benzene rings is 14. The first-order valence-electron chi connectivity index (χ1n) is 41.9. The Morgan fingerprint density at radius 3 is 0.823 bits per heavy atom. The minimum Gasteiger partial charge on any atom is -0.399 e. The summed E-state index contributed by atoms with van der Waals surface area (Å²) in [5, 5.41) is 0.653. The van der Waals surface area contributed by atoms with E-state index in [1.165, 1.54) is 44.5 Å². The first kappa shape index (κ1) is 79.3. The Labute approximate surface area is 728 Å². The molecular formula is C110H86BClN10O2. The second-order valence-corrected chi connectivity index (χ2v) is 33.9. The van der Waals surface area contributed by atoms with Gasteiger partial charge in [0, 0.05) is 77.1 Å². The van der Waals surface area contributed by atoms with Crippen molar-refractivity contribution in [3.8, 4) is 170 Å². The molecule has 18 aromatic rings. The number of rotatable bonds is 14. The average Bonchev–Trinajstić information content (AvgIpc) is 1.58. The third-order valence-electron chi connectivity index (χ3n) is 24.1. The van der Waals surface area contributed by atoms with Crippen LogP contribution in [0.25, 0.3) is 170 Å². The Morgan fingerprint density at radius 1 is 0.202 bits per heavy atom. The van der Waals surface area contributed by atoms with Crippen LogP contribution in [-0.4, -0.2) is 68.2 Å². The Hall–Kier alpha value is -14.5. The van der Waals surface area contributed by atoms with Crippen LogP contribution in [0.4, 0.5) is 0 Å². The highest BCUT2D eigenvalue weighted by Gasteiger charge is 2.52. The van der Waals surface area contributed by atoms with E-state index in [2.05, 4.69) is 264 Å². The van der Waals surface area contributed by atoms with Crippen LogP contribution in [0.5, 0.6) is 0 Å². The third kappa shape index (κ3) is 16.0. The molecule has 21 rings (SSSR count). The summed E-state index contributed by atoms with van der Waals surface area (Å²) in [6.07, 6.45) is 0. The van der Waals surface area contributed by atoms with Gasteiger partial charge in [0.05, 0.1) is 34.0 Å². The van der Waals surface area contributed by atoms with E-state index in [0.29, 0.717) is 51.6 Å². The number of hydrogen-bond acceptors (Lipinski definition) is 12. The lowest BCUT2D eigenvalue weighted by Crippen LogP contribution is -2.41. The van der Waals surface area contributed by atoms with E-state index < -0.39 is 18.3 Å². The van der Waals surface area contributed by atoms with Crippen molar-refractivity contribution in [1.29, 1.82) is 0 Å². The quantitative estimate of drug-likeness (QED) is 0.0955. The van der Waals surface area contributed by atoms with Crippen molar-refractivity contribution in [3.63, 3.8) is 0 Å². The molecule has 0 bridgehead atoms. The molecular weight excluding hydrogens is 1540 g/mol. The number of nitrogens with zero attached hydrogens (tertiary/aromatic N) is 10. The first-order valence-corrected chi connectivity index (χ1v) is 42.2. The van der Waals surface area contributed by atoms with E-state index in [1.54, 1.807) is 0 Å². The highest BCUT2D eigenvalue weighted by molar-refractivity contribution is 6.62. The van der Waals surface area contributed by atoms with Gasteiger partial charge in [-0.3, -0.25) is 0 Å². The number of fused-ring (bicyclic) bond motifs is 6. The number of halogens is 1. The van der Waals surface area contributed by atoms with E-state index in [-0.39, 0.29) is 10.8 Å². The largest absolute Gasteiger partial charge is 0.494 e. The Balaban J connectivity index is 0.000000132. The van der Waals surface area contributed by atoms with Crippen LogP contribution < -0.4 is 5.46 Å². The van der Waals surface area contributed by atoms with Gasteiger partial charge in [0.1, 0.15) is 0 Å². The molecule has 0 unspecified atom stereocenters. The predicted octanol–water partition coefficient (Wildman–Crippen LogP) is 26.2. The Morgan fingerprint density at radius 2 is 0.460 bits per heavy atom. The van der Waals surface area contributed by atoms with E-state index in [4.69, 9.17) is 55.8 Å². The molecule has 14 heteroatoms. The van der Waals surface area contributed by atoms with Gasteiger partial charge in [-0.2, -0.15) is 0 Å². The molecule has 14 aromatic carbocycles. The van der Waals surface area contributed by atoms with E-state index in [0.717, 1.165) is 106 Å². The monoisotopic (exact) mass is 1620 g/mol. The molecule has 2 aliphatic carbocycles. The highest BCUT2D eigenvalue weighted by Crippen LogP contribution is 2.52.